The van der Waals surface area contributed by atoms with Gasteiger partial charge in [-0.1, -0.05) is 6.58 Å². The average molecular weight is 145 g/mol. The van der Waals surface area contributed by atoms with Crippen LogP contribution in [0.4, 0.5) is 0 Å². The van der Waals surface area contributed by atoms with E-state index >= 15 is 0 Å². The lowest BCUT2D eigenvalue weighted by molar-refractivity contribution is 0.222. The van der Waals surface area contributed by atoms with Gasteiger partial charge in [0.15, 0.2) is 0 Å². The van der Waals surface area contributed by atoms with E-state index in [9.17, 15) is 0 Å². The second kappa shape index (κ2) is 3.03. The zero-order valence-corrected chi connectivity index (χ0v) is 7.62. The van der Waals surface area contributed by atoms with E-state index < -0.39 is 8.32 Å². The molecule has 0 aromatic rings. The van der Waals surface area contributed by atoms with Gasteiger partial charge in [-0.15, -0.1) is 0 Å². The number of hydrogen-bond acceptors (Lipinski definition) is 2. The zero-order chi connectivity index (χ0) is 7.49. The smallest absolute Gasteiger partial charge is 0.220 e. The first-order valence-corrected chi connectivity index (χ1v) is 6.42. The van der Waals surface area contributed by atoms with Gasteiger partial charge in [0.05, 0.1) is 0 Å². The van der Waals surface area contributed by atoms with Crippen LogP contribution in [0.5, 0.6) is 0 Å². The molecule has 0 aliphatic carbocycles. The van der Waals surface area contributed by atoms with Crippen LogP contribution in [0.1, 0.15) is 6.92 Å². The summed E-state index contributed by atoms with van der Waals surface area (Å²) in [5.41, 5.74) is 3.61. The van der Waals surface area contributed by atoms with Crippen molar-refractivity contribution in [3.8, 4) is 0 Å². The van der Waals surface area contributed by atoms with Gasteiger partial charge in [0.1, 0.15) is 0 Å². The van der Waals surface area contributed by atoms with Crippen LogP contribution in [0.3, 0.4) is 0 Å². The van der Waals surface area contributed by atoms with Crippen LogP contribution in [0.25, 0.3) is 0 Å². The van der Waals surface area contributed by atoms with Crippen molar-refractivity contribution in [3.05, 3.63) is 12.3 Å². The minimum atomic E-state index is -1.39. The van der Waals surface area contributed by atoms with Gasteiger partial charge >= 0.3 is 0 Å². The van der Waals surface area contributed by atoms with Crippen molar-refractivity contribution in [2.75, 3.05) is 0 Å². The Kier molecular flexibility index (Phi) is 2.94. The number of allylic oxidation sites excluding steroid dienone is 1. The largest absolute Gasteiger partial charge is 0.323 e. The van der Waals surface area contributed by atoms with Crippen LogP contribution in [0, 0.1) is 0 Å². The summed E-state index contributed by atoms with van der Waals surface area (Å²) in [6, 6.07) is 0. The fourth-order valence-corrected chi connectivity index (χ4v) is 0.721. The minimum Gasteiger partial charge on any atom is -0.323 e. The highest BCUT2D eigenvalue weighted by molar-refractivity contribution is 6.69. The first-order valence-electron chi connectivity index (χ1n) is 3.01. The van der Waals surface area contributed by atoms with Gasteiger partial charge < -0.3 is 4.53 Å². The highest BCUT2D eigenvalue weighted by Crippen LogP contribution is 1.99. The summed E-state index contributed by atoms with van der Waals surface area (Å²) >= 11 is 0. The highest BCUT2D eigenvalue weighted by Gasteiger charge is 2.14. The second-order valence-electron chi connectivity index (χ2n) is 3.10. The van der Waals surface area contributed by atoms with E-state index in [1.165, 1.54) is 0 Å². The Labute approximate surface area is 58.0 Å². The maximum atomic E-state index is 5.28. The predicted molar refractivity (Wildman–Crippen MR) is 42.4 cm³/mol. The first-order chi connectivity index (χ1) is 3.92. The molecule has 3 heteroatoms. The Morgan fingerprint density at radius 1 is 1.44 bits per heavy atom. The topological polar surface area (TPSA) is 21.3 Å². The van der Waals surface area contributed by atoms with Crippen LogP contribution in [0.2, 0.25) is 19.6 Å². The fourth-order valence-electron chi connectivity index (χ4n) is 0.240. The van der Waals surface area contributed by atoms with E-state index in [0.717, 1.165) is 5.70 Å². The molecule has 0 atom stereocenters. The Morgan fingerprint density at radius 2 is 1.89 bits per heavy atom. The highest BCUT2D eigenvalue weighted by atomic mass is 28.4. The summed E-state index contributed by atoms with van der Waals surface area (Å²) in [4.78, 5) is 0. The molecular weight excluding hydrogens is 130 g/mol. The Bertz CT molecular complexity index is 106. The lowest BCUT2D eigenvalue weighted by Gasteiger charge is -2.17. The van der Waals surface area contributed by atoms with Crippen LogP contribution in [-0.4, -0.2) is 8.32 Å². The van der Waals surface area contributed by atoms with Crippen molar-refractivity contribution in [2.24, 2.45) is 0 Å². The lowest BCUT2D eigenvalue weighted by atomic mass is 10.6. The van der Waals surface area contributed by atoms with Crippen molar-refractivity contribution in [2.45, 2.75) is 26.6 Å². The molecule has 0 rings (SSSR count). The molecule has 0 amide bonds. The molecule has 0 aromatic carbocycles. The van der Waals surface area contributed by atoms with Crippen LogP contribution >= 0.6 is 0 Å². The first kappa shape index (κ1) is 8.72. The maximum Gasteiger partial charge on any atom is 0.220 e. The number of rotatable bonds is 3. The third-order valence-corrected chi connectivity index (χ3v) is 1.25. The number of nitrogens with one attached hydrogen (secondary N) is 1. The SMILES string of the molecule is C=C(C)NO[Si](C)(C)C. The molecule has 0 bridgehead atoms. The van der Waals surface area contributed by atoms with Crippen molar-refractivity contribution in [1.82, 2.24) is 5.48 Å². The summed E-state index contributed by atoms with van der Waals surface area (Å²) in [7, 11) is -1.39. The van der Waals surface area contributed by atoms with Crippen molar-refractivity contribution in [1.29, 1.82) is 0 Å². The molecule has 2 nitrogen and oxygen atoms in total. The van der Waals surface area contributed by atoms with E-state index in [2.05, 4.69) is 31.7 Å². The molecule has 0 saturated carbocycles. The Balaban J connectivity index is 3.39. The normalized spacial score (nSPS) is 11.1. The van der Waals surface area contributed by atoms with E-state index in [1.807, 2.05) is 6.92 Å². The van der Waals surface area contributed by atoms with Gasteiger partial charge in [-0.25, -0.2) is 0 Å². The second-order valence-corrected chi connectivity index (χ2v) is 7.53. The summed E-state index contributed by atoms with van der Waals surface area (Å²) < 4.78 is 5.28. The minimum absolute atomic E-state index is 0.859. The van der Waals surface area contributed by atoms with Gasteiger partial charge in [-0.2, -0.15) is 0 Å². The standard InChI is InChI=1S/C6H15NOSi/c1-6(2)7-8-9(3,4)5/h7H,1H2,2-5H3. The van der Waals surface area contributed by atoms with Gasteiger partial charge in [-0.05, 0) is 26.6 Å². The number of hydrogen-bond donors (Lipinski definition) is 1. The molecule has 9 heavy (non-hydrogen) atoms. The molecule has 0 fully saturated rings. The molecule has 1 N–H and O–H groups in total. The van der Waals surface area contributed by atoms with Gasteiger partial charge in [0.25, 0.3) is 0 Å². The monoisotopic (exact) mass is 145 g/mol. The van der Waals surface area contributed by atoms with Crippen molar-refractivity contribution >= 4 is 8.32 Å². The molecule has 0 aliphatic rings. The third kappa shape index (κ3) is 7.72. The van der Waals surface area contributed by atoms with E-state index in [4.69, 9.17) is 4.53 Å². The third-order valence-electron chi connectivity index (χ3n) is 0.531. The van der Waals surface area contributed by atoms with E-state index in [0.29, 0.717) is 0 Å². The molecule has 0 aromatic heterocycles. The van der Waals surface area contributed by atoms with Crippen molar-refractivity contribution < 1.29 is 4.53 Å². The summed E-state index contributed by atoms with van der Waals surface area (Å²) in [6.07, 6.45) is 0. The van der Waals surface area contributed by atoms with Crippen molar-refractivity contribution in [3.63, 3.8) is 0 Å². The van der Waals surface area contributed by atoms with Gasteiger partial charge in [0, 0.05) is 5.70 Å². The molecule has 0 heterocycles. The molecule has 0 saturated heterocycles. The summed E-state index contributed by atoms with van der Waals surface area (Å²) in [6.45, 7) is 11.9. The zero-order valence-electron chi connectivity index (χ0n) is 6.62. The summed E-state index contributed by atoms with van der Waals surface area (Å²) in [5, 5.41) is 0. The van der Waals surface area contributed by atoms with Crippen LogP contribution in [-0.2, 0) is 4.53 Å². The molecular formula is C6H15NOSi. The fraction of sp³-hybridized carbons (Fsp3) is 0.667. The summed E-state index contributed by atoms with van der Waals surface area (Å²) in [5.74, 6) is 0. The van der Waals surface area contributed by atoms with E-state index in [1.54, 1.807) is 0 Å². The number of hydroxylamine groups is 1. The van der Waals surface area contributed by atoms with Gasteiger partial charge in [-0.3, -0.25) is 5.48 Å². The quantitative estimate of drug-likeness (QED) is 0.483. The molecule has 54 valence electrons. The molecule has 0 unspecified atom stereocenters. The maximum absolute atomic E-state index is 5.28. The molecule has 0 radical (unpaired) electrons. The molecule has 0 spiro atoms. The Hall–Kier alpha value is -0.283. The van der Waals surface area contributed by atoms with Gasteiger partial charge in [0.2, 0.25) is 8.32 Å². The predicted octanol–water partition coefficient (Wildman–Crippen LogP) is 1.88. The van der Waals surface area contributed by atoms with E-state index in [-0.39, 0.29) is 0 Å². The lowest BCUT2D eigenvalue weighted by Crippen LogP contribution is -2.32. The molecule has 0 aliphatic heterocycles. The van der Waals surface area contributed by atoms with Crippen LogP contribution < -0.4 is 5.48 Å². The average Bonchev–Trinajstić information content (AvgIpc) is 1.59. The van der Waals surface area contributed by atoms with Crippen LogP contribution in [0.15, 0.2) is 12.3 Å². The Morgan fingerprint density at radius 3 is 2.00 bits per heavy atom.